The highest BCUT2D eigenvalue weighted by molar-refractivity contribution is 6.02. The van der Waals surface area contributed by atoms with E-state index >= 15 is 0 Å². The van der Waals surface area contributed by atoms with Crippen LogP contribution in [0.5, 0.6) is 0 Å². The fraction of sp³-hybridized carbons (Fsp3) is 0.385. The monoisotopic (exact) mass is 410 g/mol. The van der Waals surface area contributed by atoms with Crippen molar-refractivity contribution in [2.24, 2.45) is 15.6 Å². The van der Waals surface area contributed by atoms with E-state index in [-0.39, 0.29) is 17.4 Å². The molecule has 156 valence electrons. The van der Waals surface area contributed by atoms with E-state index < -0.39 is 5.41 Å². The number of azo groups is 1. The maximum absolute atomic E-state index is 13.7. The van der Waals surface area contributed by atoms with Crippen LogP contribution in [-0.4, -0.2) is 16.9 Å². The Morgan fingerprint density at radius 3 is 2.77 bits per heavy atom. The minimum Gasteiger partial charge on any atom is -0.362 e. The summed E-state index contributed by atoms with van der Waals surface area (Å²) in [6.45, 7) is 4.36. The number of Topliss-reactive ketones (excluding diaryl/α,β-unsaturated/α-hetero) is 1. The molecule has 0 amide bonds. The van der Waals surface area contributed by atoms with Crippen LogP contribution >= 0.6 is 0 Å². The predicted molar refractivity (Wildman–Crippen MR) is 119 cm³/mol. The molecule has 0 bridgehead atoms. The van der Waals surface area contributed by atoms with Gasteiger partial charge in [0, 0.05) is 35.7 Å². The number of pyridine rings is 1. The zero-order chi connectivity index (χ0) is 21.2. The quantitative estimate of drug-likeness (QED) is 0.699. The Balaban J connectivity index is 1.63. The number of carbonyl (C=O) groups is 1. The van der Waals surface area contributed by atoms with Crippen molar-refractivity contribution in [2.45, 2.75) is 57.5 Å². The molecule has 0 saturated heterocycles. The number of ketones is 1. The summed E-state index contributed by atoms with van der Waals surface area (Å²) in [5, 5.41) is 12.4. The van der Waals surface area contributed by atoms with Crippen molar-refractivity contribution in [2.75, 3.05) is 0 Å². The number of fused-ring (bicyclic) bond motifs is 5. The number of hydrogen-bond donors (Lipinski definition) is 1. The summed E-state index contributed by atoms with van der Waals surface area (Å²) in [7, 11) is 0. The average Bonchev–Trinajstić information content (AvgIpc) is 3.22. The maximum Gasteiger partial charge on any atom is 0.164 e. The van der Waals surface area contributed by atoms with Gasteiger partial charge in [0.05, 0.1) is 11.6 Å². The average molecular weight is 411 g/mol. The van der Waals surface area contributed by atoms with Crippen LogP contribution in [0.2, 0.25) is 0 Å². The van der Waals surface area contributed by atoms with E-state index in [1.165, 1.54) is 22.3 Å². The summed E-state index contributed by atoms with van der Waals surface area (Å²) < 4.78 is 0. The zero-order valence-electron chi connectivity index (χ0n) is 18.0. The first kappa shape index (κ1) is 18.7. The van der Waals surface area contributed by atoms with E-state index in [1.807, 2.05) is 18.6 Å². The molecule has 1 N–H and O–H groups in total. The first-order valence-electron chi connectivity index (χ1n) is 11.2. The van der Waals surface area contributed by atoms with Crippen molar-refractivity contribution < 1.29 is 4.79 Å². The third kappa shape index (κ3) is 2.62. The summed E-state index contributed by atoms with van der Waals surface area (Å²) in [4.78, 5) is 17.9. The van der Waals surface area contributed by atoms with Crippen LogP contribution in [-0.2, 0) is 16.6 Å². The van der Waals surface area contributed by atoms with Gasteiger partial charge >= 0.3 is 0 Å². The molecule has 5 nitrogen and oxygen atoms in total. The Bertz CT molecular complexity index is 1190. The van der Waals surface area contributed by atoms with Crippen molar-refractivity contribution in [3.05, 3.63) is 76.9 Å². The molecular formula is C26H26N4O. The van der Waals surface area contributed by atoms with Gasteiger partial charge in [-0.1, -0.05) is 32.0 Å². The Morgan fingerprint density at radius 2 is 1.94 bits per heavy atom. The molecule has 2 atom stereocenters. The van der Waals surface area contributed by atoms with E-state index in [0.717, 1.165) is 42.5 Å². The van der Waals surface area contributed by atoms with Gasteiger partial charge < -0.3 is 5.32 Å². The summed E-state index contributed by atoms with van der Waals surface area (Å²) in [6, 6.07) is 10.7. The van der Waals surface area contributed by atoms with Crippen LogP contribution in [0.15, 0.2) is 76.0 Å². The summed E-state index contributed by atoms with van der Waals surface area (Å²) in [5.41, 5.74) is 7.72. The molecular weight excluding hydrogens is 384 g/mol. The van der Waals surface area contributed by atoms with Gasteiger partial charge in [-0.3, -0.25) is 9.78 Å². The molecule has 0 fully saturated rings. The first-order valence-corrected chi connectivity index (χ1v) is 11.2. The summed E-state index contributed by atoms with van der Waals surface area (Å²) in [6.07, 6.45) is 9.86. The van der Waals surface area contributed by atoms with Crippen LogP contribution in [0.25, 0.3) is 11.1 Å². The SMILES string of the molecule is CC1(C)CC(=O)C2=C(C1)NC1N=NC=C1[C@@]21CCCc2c(-c3ccncc3)cccc21. The molecule has 3 heterocycles. The molecule has 6 rings (SSSR count). The van der Waals surface area contributed by atoms with Gasteiger partial charge in [0.15, 0.2) is 11.9 Å². The van der Waals surface area contributed by atoms with Gasteiger partial charge in [-0.25, -0.2) is 0 Å². The Hall–Kier alpha value is -3.08. The predicted octanol–water partition coefficient (Wildman–Crippen LogP) is 5.24. The number of nitrogens with zero attached hydrogens (tertiary/aromatic N) is 3. The lowest BCUT2D eigenvalue weighted by atomic mass is 9.55. The standard InChI is InChI=1S/C26H26N4O/c1-25(2)13-21-23(22(31)14-25)26(20-15-28-30-24(20)29-21)10-4-6-18-17(5-3-7-19(18)26)16-8-11-27-12-9-16/h3,5,7-9,11-12,15,24,29H,4,6,10,13-14H2,1-2H3/t24?,26-/m0/s1. The van der Waals surface area contributed by atoms with Crippen molar-refractivity contribution in [1.29, 1.82) is 0 Å². The lowest BCUT2D eigenvalue weighted by molar-refractivity contribution is -0.119. The lowest BCUT2D eigenvalue weighted by Gasteiger charge is -2.50. The topological polar surface area (TPSA) is 66.7 Å². The molecule has 1 aromatic heterocycles. The Labute approximate surface area is 182 Å². The molecule has 2 aliphatic heterocycles. The van der Waals surface area contributed by atoms with Crippen LogP contribution in [0, 0.1) is 5.41 Å². The van der Waals surface area contributed by atoms with Gasteiger partial charge in [0.25, 0.3) is 0 Å². The van der Waals surface area contributed by atoms with Crippen LogP contribution in [0.4, 0.5) is 0 Å². The fourth-order valence-corrected chi connectivity index (χ4v) is 6.28. The van der Waals surface area contributed by atoms with Crippen molar-refractivity contribution >= 4 is 5.78 Å². The largest absolute Gasteiger partial charge is 0.362 e. The minimum absolute atomic E-state index is 0.0442. The second-order valence-corrected chi connectivity index (χ2v) is 9.98. The molecule has 0 saturated carbocycles. The highest BCUT2D eigenvalue weighted by Gasteiger charge is 2.55. The fourth-order valence-electron chi connectivity index (χ4n) is 6.28. The normalized spacial score (nSPS) is 28.0. The second-order valence-electron chi connectivity index (χ2n) is 9.98. The van der Waals surface area contributed by atoms with Gasteiger partial charge in [-0.15, -0.1) is 0 Å². The number of rotatable bonds is 1. The molecule has 5 heteroatoms. The summed E-state index contributed by atoms with van der Waals surface area (Å²) >= 11 is 0. The van der Waals surface area contributed by atoms with E-state index in [1.54, 1.807) is 0 Å². The van der Waals surface area contributed by atoms with E-state index in [0.29, 0.717) is 6.42 Å². The maximum atomic E-state index is 13.7. The molecule has 0 radical (unpaired) electrons. The highest BCUT2D eigenvalue weighted by atomic mass is 16.1. The van der Waals surface area contributed by atoms with Crippen LogP contribution in [0.1, 0.15) is 50.7 Å². The molecule has 2 aliphatic carbocycles. The third-order valence-electron chi connectivity index (χ3n) is 7.38. The number of allylic oxidation sites excluding steroid dienone is 2. The molecule has 1 aromatic carbocycles. The third-order valence-corrected chi connectivity index (χ3v) is 7.38. The van der Waals surface area contributed by atoms with E-state index in [4.69, 9.17) is 0 Å². The van der Waals surface area contributed by atoms with Crippen molar-refractivity contribution in [1.82, 2.24) is 10.3 Å². The lowest BCUT2D eigenvalue weighted by Crippen LogP contribution is -2.52. The number of benzene rings is 1. The zero-order valence-corrected chi connectivity index (χ0v) is 18.0. The number of nitrogens with one attached hydrogen (secondary N) is 1. The van der Waals surface area contributed by atoms with E-state index in [2.05, 4.69) is 64.7 Å². The molecule has 1 spiro atoms. The smallest absolute Gasteiger partial charge is 0.164 e. The number of hydrogen-bond acceptors (Lipinski definition) is 5. The summed E-state index contributed by atoms with van der Waals surface area (Å²) in [5.74, 6) is 0.271. The Morgan fingerprint density at radius 1 is 1.10 bits per heavy atom. The first-order chi connectivity index (χ1) is 15.0. The van der Waals surface area contributed by atoms with Gasteiger partial charge in [0.1, 0.15) is 0 Å². The van der Waals surface area contributed by atoms with Gasteiger partial charge in [0.2, 0.25) is 0 Å². The van der Waals surface area contributed by atoms with Crippen LogP contribution < -0.4 is 5.32 Å². The molecule has 31 heavy (non-hydrogen) atoms. The molecule has 1 unspecified atom stereocenters. The van der Waals surface area contributed by atoms with Crippen molar-refractivity contribution in [3.63, 3.8) is 0 Å². The van der Waals surface area contributed by atoms with E-state index in [9.17, 15) is 4.79 Å². The second kappa shape index (κ2) is 6.46. The Kier molecular flexibility index (Phi) is 3.89. The molecule has 2 aromatic rings. The minimum atomic E-state index is -0.432. The van der Waals surface area contributed by atoms with Crippen LogP contribution in [0.3, 0.4) is 0 Å². The highest BCUT2D eigenvalue weighted by Crippen LogP contribution is 2.57. The molecule has 4 aliphatic rings. The van der Waals surface area contributed by atoms with Gasteiger partial charge in [-0.2, -0.15) is 10.2 Å². The number of aromatic nitrogens is 1. The van der Waals surface area contributed by atoms with Crippen molar-refractivity contribution in [3.8, 4) is 11.1 Å². The number of carbonyl (C=O) groups excluding carboxylic acids is 1. The van der Waals surface area contributed by atoms with Gasteiger partial charge in [-0.05, 0) is 65.5 Å².